The number of benzene rings is 2. The van der Waals surface area contributed by atoms with Crippen LogP contribution < -0.4 is 10.1 Å². The Kier molecular flexibility index (Phi) is 4.73. The first-order chi connectivity index (χ1) is 11.9. The molecule has 0 radical (unpaired) electrons. The van der Waals surface area contributed by atoms with Crippen molar-refractivity contribution < 1.29 is 9.53 Å². The van der Waals surface area contributed by atoms with E-state index in [-0.39, 0.29) is 11.3 Å². The summed E-state index contributed by atoms with van der Waals surface area (Å²) in [4.78, 5) is 15.6. The molecule has 0 aliphatic carbocycles. The molecular formula is C20H21ClN2O2. The molecule has 0 unspecified atom stereocenters. The van der Waals surface area contributed by atoms with Gasteiger partial charge in [0.25, 0.3) is 5.91 Å². The van der Waals surface area contributed by atoms with E-state index in [0.29, 0.717) is 17.1 Å². The van der Waals surface area contributed by atoms with Gasteiger partial charge in [0, 0.05) is 39.6 Å². The first kappa shape index (κ1) is 17.4. The number of halogens is 1. The number of amides is 1. The lowest BCUT2D eigenvalue weighted by Gasteiger charge is -2.25. The molecule has 0 saturated carbocycles. The highest BCUT2D eigenvalue weighted by atomic mass is 35.5. The average Bonchev–Trinajstić information content (AvgIpc) is 3.04. The molecule has 1 amide bonds. The highest BCUT2D eigenvalue weighted by molar-refractivity contribution is 6.30. The first-order valence-electron chi connectivity index (χ1n) is 8.10. The van der Waals surface area contributed by atoms with Crippen LogP contribution in [0.5, 0.6) is 5.75 Å². The number of hydrogen-bond acceptors (Lipinski definition) is 2. The largest absolute Gasteiger partial charge is 0.497 e. The molecule has 2 N–H and O–H groups in total. The van der Waals surface area contributed by atoms with Crippen molar-refractivity contribution >= 4 is 28.4 Å². The number of H-pyrrole nitrogens is 1. The van der Waals surface area contributed by atoms with E-state index in [4.69, 9.17) is 16.3 Å². The van der Waals surface area contributed by atoms with Gasteiger partial charge < -0.3 is 15.0 Å². The molecule has 0 bridgehead atoms. The van der Waals surface area contributed by atoms with Gasteiger partial charge in [-0.3, -0.25) is 4.79 Å². The number of nitrogens with one attached hydrogen (secondary N) is 2. The molecule has 3 rings (SSSR count). The topological polar surface area (TPSA) is 54.1 Å². The number of fused-ring (bicyclic) bond motifs is 1. The van der Waals surface area contributed by atoms with Crippen molar-refractivity contribution in [1.82, 2.24) is 10.3 Å². The Morgan fingerprint density at radius 3 is 2.60 bits per heavy atom. The van der Waals surface area contributed by atoms with Crippen molar-refractivity contribution in [3.05, 3.63) is 64.8 Å². The minimum absolute atomic E-state index is 0.109. The fourth-order valence-electron chi connectivity index (χ4n) is 2.89. The number of aromatic nitrogens is 1. The fourth-order valence-corrected chi connectivity index (χ4v) is 3.01. The van der Waals surface area contributed by atoms with Gasteiger partial charge in [-0.2, -0.15) is 0 Å². The lowest BCUT2D eigenvalue weighted by molar-refractivity contribution is 0.0946. The third-order valence-electron chi connectivity index (χ3n) is 4.42. The Bertz CT molecular complexity index is 898. The fraction of sp³-hybridized carbons (Fsp3) is 0.250. The van der Waals surface area contributed by atoms with Crippen LogP contribution in [0.15, 0.2) is 48.7 Å². The van der Waals surface area contributed by atoms with Crippen molar-refractivity contribution in [2.45, 2.75) is 19.3 Å². The van der Waals surface area contributed by atoms with Gasteiger partial charge in [0.1, 0.15) is 5.75 Å². The van der Waals surface area contributed by atoms with Crippen molar-refractivity contribution in [1.29, 1.82) is 0 Å². The first-order valence-corrected chi connectivity index (χ1v) is 8.48. The number of carbonyl (C=O) groups is 1. The Balaban J connectivity index is 1.79. The quantitative estimate of drug-likeness (QED) is 0.705. The lowest BCUT2D eigenvalue weighted by atomic mass is 9.84. The van der Waals surface area contributed by atoms with E-state index in [9.17, 15) is 4.79 Å². The van der Waals surface area contributed by atoms with Crippen LogP contribution in [0.1, 0.15) is 29.8 Å². The number of aromatic amines is 1. The Morgan fingerprint density at radius 2 is 1.92 bits per heavy atom. The molecule has 0 fully saturated rings. The van der Waals surface area contributed by atoms with Crippen LogP contribution in [-0.2, 0) is 5.41 Å². The molecule has 3 aromatic rings. The molecule has 1 heterocycles. The molecule has 0 atom stereocenters. The van der Waals surface area contributed by atoms with Crippen LogP contribution in [0.25, 0.3) is 10.9 Å². The normalized spacial score (nSPS) is 11.5. The Morgan fingerprint density at radius 1 is 1.20 bits per heavy atom. The molecule has 5 heteroatoms. The van der Waals surface area contributed by atoms with Crippen LogP contribution in [-0.4, -0.2) is 24.5 Å². The maximum absolute atomic E-state index is 12.4. The maximum Gasteiger partial charge on any atom is 0.251 e. The number of hydrogen-bond donors (Lipinski definition) is 2. The predicted octanol–water partition coefficient (Wildman–Crippen LogP) is 4.54. The number of rotatable bonds is 5. The molecule has 1 aromatic heterocycles. The zero-order valence-electron chi connectivity index (χ0n) is 14.5. The lowest BCUT2D eigenvalue weighted by Crippen LogP contribution is -2.36. The van der Waals surface area contributed by atoms with Crippen molar-refractivity contribution in [2.24, 2.45) is 0 Å². The Hall–Kier alpha value is -2.46. The van der Waals surface area contributed by atoms with Gasteiger partial charge >= 0.3 is 0 Å². The van der Waals surface area contributed by atoms with Crippen LogP contribution >= 0.6 is 11.6 Å². The maximum atomic E-state index is 12.4. The molecule has 4 nitrogen and oxygen atoms in total. The number of methoxy groups -OCH3 is 1. The summed E-state index contributed by atoms with van der Waals surface area (Å²) in [5, 5.41) is 4.73. The predicted molar refractivity (Wildman–Crippen MR) is 102 cm³/mol. The molecule has 0 spiro atoms. The average molecular weight is 357 g/mol. The van der Waals surface area contributed by atoms with Gasteiger partial charge in [-0.25, -0.2) is 0 Å². The van der Waals surface area contributed by atoms with E-state index in [0.717, 1.165) is 22.2 Å². The summed E-state index contributed by atoms with van der Waals surface area (Å²) in [6.45, 7) is 4.73. The van der Waals surface area contributed by atoms with Crippen molar-refractivity contribution in [2.75, 3.05) is 13.7 Å². The number of ether oxygens (including phenoxy) is 1. The van der Waals surface area contributed by atoms with Crippen LogP contribution in [0.3, 0.4) is 0 Å². The van der Waals surface area contributed by atoms with E-state index in [1.807, 2.05) is 24.4 Å². The molecule has 25 heavy (non-hydrogen) atoms. The zero-order valence-corrected chi connectivity index (χ0v) is 15.3. The Labute approximate surface area is 152 Å². The van der Waals surface area contributed by atoms with Gasteiger partial charge in [-0.15, -0.1) is 0 Å². The highest BCUT2D eigenvalue weighted by Gasteiger charge is 2.25. The summed E-state index contributed by atoms with van der Waals surface area (Å²) in [6.07, 6.45) is 2.00. The monoisotopic (exact) mass is 356 g/mol. The molecule has 0 aliphatic rings. The minimum Gasteiger partial charge on any atom is -0.497 e. The summed E-state index contributed by atoms with van der Waals surface area (Å²) in [5.41, 5.74) is 2.54. The van der Waals surface area contributed by atoms with E-state index >= 15 is 0 Å². The summed E-state index contributed by atoms with van der Waals surface area (Å²) in [5.74, 6) is 0.705. The van der Waals surface area contributed by atoms with Gasteiger partial charge in [-0.1, -0.05) is 25.4 Å². The van der Waals surface area contributed by atoms with Crippen LogP contribution in [0.2, 0.25) is 5.02 Å². The number of carbonyl (C=O) groups excluding carboxylic acids is 1. The smallest absolute Gasteiger partial charge is 0.251 e. The summed E-state index contributed by atoms with van der Waals surface area (Å²) < 4.78 is 5.33. The van der Waals surface area contributed by atoms with Crippen molar-refractivity contribution in [3.63, 3.8) is 0 Å². The summed E-state index contributed by atoms with van der Waals surface area (Å²) in [7, 11) is 1.66. The van der Waals surface area contributed by atoms with E-state index < -0.39 is 0 Å². The molecular weight excluding hydrogens is 336 g/mol. The second kappa shape index (κ2) is 6.81. The molecule has 0 aliphatic heterocycles. The summed E-state index contributed by atoms with van der Waals surface area (Å²) in [6, 6.07) is 12.8. The van der Waals surface area contributed by atoms with Gasteiger partial charge in [0.15, 0.2) is 0 Å². The zero-order chi connectivity index (χ0) is 18.0. The van der Waals surface area contributed by atoms with Gasteiger partial charge in [0.2, 0.25) is 0 Å². The third-order valence-corrected chi connectivity index (χ3v) is 4.67. The standard InChI is InChI=1S/C20H21ClN2O2/c1-20(2,12-23-19(24)13-4-6-14(21)7-5-13)17-11-22-18-9-8-15(25-3)10-16(17)18/h4-11,22H,12H2,1-3H3,(H,23,24). The van der Waals surface area contributed by atoms with Crippen LogP contribution in [0.4, 0.5) is 0 Å². The second-order valence-corrected chi connectivity index (χ2v) is 7.12. The van der Waals surface area contributed by atoms with E-state index in [1.165, 1.54) is 0 Å². The molecule has 130 valence electrons. The van der Waals surface area contributed by atoms with E-state index in [1.54, 1.807) is 31.4 Å². The third kappa shape index (κ3) is 3.64. The van der Waals surface area contributed by atoms with Gasteiger partial charge in [0.05, 0.1) is 7.11 Å². The second-order valence-electron chi connectivity index (χ2n) is 6.69. The highest BCUT2D eigenvalue weighted by Crippen LogP contribution is 2.32. The molecule has 2 aromatic carbocycles. The van der Waals surface area contributed by atoms with Gasteiger partial charge in [-0.05, 0) is 48.0 Å². The SMILES string of the molecule is COc1ccc2[nH]cc(C(C)(C)CNC(=O)c3ccc(Cl)cc3)c2c1. The van der Waals surface area contributed by atoms with Crippen molar-refractivity contribution in [3.8, 4) is 5.75 Å². The van der Waals surface area contributed by atoms with E-state index in [2.05, 4.69) is 24.1 Å². The minimum atomic E-state index is -0.243. The summed E-state index contributed by atoms with van der Waals surface area (Å²) >= 11 is 5.87. The molecule has 0 saturated heterocycles. The van der Waals surface area contributed by atoms with Crippen LogP contribution in [0, 0.1) is 0 Å².